The lowest BCUT2D eigenvalue weighted by Gasteiger charge is -2.29. The van der Waals surface area contributed by atoms with E-state index in [0.717, 1.165) is 40.4 Å². The predicted octanol–water partition coefficient (Wildman–Crippen LogP) is 5.45. The molecule has 0 spiro atoms. The molecule has 1 unspecified atom stereocenters. The van der Waals surface area contributed by atoms with Crippen LogP contribution in [0.5, 0.6) is 5.75 Å². The molecule has 0 saturated heterocycles. The molecule has 132 valence electrons. The van der Waals surface area contributed by atoms with E-state index in [1.807, 2.05) is 24.3 Å². The summed E-state index contributed by atoms with van der Waals surface area (Å²) in [4.78, 5) is 0. The maximum atomic E-state index is 11.4. The average molecular weight is 351 g/mol. The zero-order chi connectivity index (χ0) is 18.2. The molecule has 1 atom stereocenters. The van der Waals surface area contributed by atoms with E-state index in [-0.39, 0.29) is 6.04 Å². The highest BCUT2D eigenvalue weighted by atomic mass is 16.3. The highest BCUT2D eigenvalue weighted by Crippen LogP contribution is 2.43. The van der Waals surface area contributed by atoms with Crippen LogP contribution in [0.4, 0.5) is 0 Å². The van der Waals surface area contributed by atoms with Crippen molar-refractivity contribution in [2.45, 2.75) is 12.5 Å². The van der Waals surface area contributed by atoms with E-state index in [0.29, 0.717) is 5.75 Å². The number of benzene rings is 4. The number of nitrogens with one attached hydrogen (secondary N) is 1. The van der Waals surface area contributed by atoms with Gasteiger partial charge in [0.05, 0.1) is 6.04 Å². The van der Waals surface area contributed by atoms with Gasteiger partial charge < -0.3 is 10.4 Å². The number of phenolic OH excluding ortho intramolecular Hbond substituents is 1. The van der Waals surface area contributed by atoms with Gasteiger partial charge in [0.15, 0.2) is 0 Å². The van der Waals surface area contributed by atoms with Gasteiger partial charge in [0.1, 0.15) is 5.75 Å². The van der Waals surface area contributed by atoms with Crippen molar-refractivity contribution >= 4 is 10.8 Å². The van der Waals surface area contributed by atoms with Crippen LogP contribution in [0.1, 0.15) is 22.7 Å². The van der Waals surface area contributed by atoms with E-state index >= 15 is 0 Å². The fraction of sp³-hybridized carbons (Fsp3) is 0.120. The van der Waals surface area contributed by atoms with Gasteiger partial charge in [-0.3, -0.25) is 0 Å². The molecule has 0 bridgehead atoms. The third-order valence-corrected chi connectivity index (χ3v) is 5.54. The van der Waals surface area contributed by atoms with Gasteiger partial charge in [0.2, 0.25) is 0 Å². The Morgan fingerprint density at radius 3 is 2.44 bits per heavy atom. The van der Waals surface area contributed by atoms with Crippen molar-refractivity contribution in [3.8, 4) is 16.9 Å². The topological polar surface area (TPSA) is 32.3 Å². The first-order valence-electron chi connectivity index (χ1n) is 9.44. The number of hydrogen-bond donors (Lipinski definition) is 2. The number of rotatable bonds is 2. The summed E-state index contributed by atoms with van der Waals surface area (Å²) in [7, 11) is 0. The van der Waals surface area contributed by atoms with Crippen molar-refractivity contribution < 1.29 is 5.11 Å². The second kappa shape index (κ2) is 6.57. The Hall–Kier alpha value is -3.10. The van der Waals surface area contributed by atoms with Crippen molar-refractivity contribution in [1.82, 2.24) is 5.32 Å². The fourth-order valence-electron chi connectivity index (χ4n) is 4.26. The van der Waals surface area contributed by atoms with Crippen molar-refractivity contribution in [2.24, 2.45) is 0 Å². The minimum Gasteiger partial charge on any atom is -0.507 e. The molecule has 27 heavy (non-hydrogen) atoms. The van der Waals surface area contributed by atoms with Crippen LogP contribution in [0.15, 0.2) is 84.9 Å². The third kappa shape index (κ3) is 2.70. The summed E-state index contributed by atoms with van der Waals surface area (Å²) in [6, 6.07) is 29.1. The smallest absolute Gasteiger partial charge is 0.129 e. The van der Waals surface area contributed by atoms with E-state index in [9.17, 15) is 5.11 Å². The minimum atomic E-state index is -0.0106. The van der Waals surface area contributed by atoms with Crippen molar-refractivity contribution in [3.05, 3.63) is 102 Å². The first-order valence-corrected chi connectivity index (χ1v) is 9.44. The Morgan fingerprint density at radius 2 is 1.56 bits per heavy atom. The van der Waals surface area contributed by atoms with Crippen LogP contribution < -0.4 is 5.32 Å². The Morgan fingerprint density at radius 1 is 0.815 bits per heavy atom. The number of phenols is 1. The molecule has 4 aromatic carbocycles. The van der Waals surface area contributed by atoms with Gasteiger partial charge in [-0.2, -0.15) is 0 Å². The first kappa shape index (κ1) is 16.1. The zero-order valence-corrected chi connectivity index (χ0v) is 15.0. The third-order valence-electron chi connectivity index (χ3n) is 5.54. The maximum absolute atomic E-state index is 11.4. The fourth-order valence-corrected chi connectivity index (χ4v) is 4.26. The highest BCUT2D eigenvalue weighted by molar-refractivity contribution is 5.95. The molecule has 1 aliphatic rings. The minimum absolute atomic E-state index is 0.0106. The van der Waals surface area contributed by atoms with Gasteiger partial charge in [-0.15, -0.1) is 0 Å². The van der Waals surface area contributed by atoms with E-state index in [1.165, 1.54) is 11.1 Å². The highest BCUT2D eigenvalue weighted by Gasteiger charge is 2.26. The summed E-state index contributed by atoms with van der Waals surface area (Å²) in [5.41, 5.74) is 5.50. The van der Waals surface area contributed by atoms with Crippen molar-refractivity contribution in [1.29, 1.82) is 0 Å². The first-order chi connectivity index (χ1) is 13.3. The molecule has 0 amide bonds. The van der Waals surface area contributed by atoms with Crippen LogP contribution >= 0.6 is 0 Å². The molecular weight excluding hydrogens is 330 g/mol. The standard InChI is InChI=1S/C25H21NO/c27-25-22(17-8-2-1-3-9-17)16-19-11-5-6-12-20(19)23(25)24-21-13-7-4-10-18(21)14-15-26-24/h1-13,16,24,26-27H,14-15H2. The summed E-state index contributed by atoms with van der Waals surface area (Å²) in [6.07, 6.45) is 1.02. The molecule has 0 radical (unpaired) electrons. The van der Waals surface area contributed by atoms with E-state index in [1.54, 1.807) is 0 Å². The Labute approximate surface area is 159 Å². The lowest BCUT2D eigenvalue weighted by Crippen LogP contribution is -2.30. The van der Waals surface area contributed by atoms with Gasteiger partial charge in [-0.25, -0.2) is 0 Å². The van der Waals surface area contributed by atoms with Crippen LogP contribution in [-0.2, 0) is 6.42 Å². The molecule has 2 nitrogen and oxygen atoms in total. The lowest BCUT2D eigenvalue weighted by molar-refractivity contribution is 0.457. The van der Waals surface area contributed by atoms with Gasteiger partial charge in [0.25, 0.3) is 0 Å². The normalized spacial score (nSPS) is 16.2. The maximum Gasteiger partial charge on any atom is 0.129 e. The van der Waals surface area contributed by atoms with Gasteiger partial charge in [-0.05, 0) is 39.9 Å². The predicted molar refractivity (Wildman–Crippen MR) is 111 cm³/mol. The Balaban J connectivity index is 1.81. The van der Waals surface area contributed by atoms with E-state index < -0.39 is 0 Å². The second-order valence-corrected chi connectivity index (χ2v) is 7.11. The van der Waals surface area contributed by atoms with Gasteiger partial charge in [0, 0.05) is 17.7 Å². The van der Waals surface area contributed by atoms with Crippen LogP contribution in [0.2, 0.25) is 0 Å². The van der Waals surface area contributed by atoms with Gasteiger partial charge >= 0.3 is 0 Å². The Bertz CT molecular complexity index is 1120. The molecule has 0 aliphatic carbocycles. The van der Waals surface area contributed by atoms with E-state index in [2.05, 4.69) is 66.0 Å². The molecule has 1 heterocycles. The monoisotopic (exact) mass is 351 g/mol. The second-order valence-electron chi connectivity index (χ2n) is 7.11. The molecular formula is C25H21NO. The summed E-state index contributed by atoms with van der Waals surface area (Å²) in [5, 5.41) is 17.3. The van der Waals surface area contributed by atoms with Crippen LogP contribution in [0.25, 0.3) is 21.9 Å². The molecule has 1 aliphatic heterocycles. The molecule has 0 saturated carbocycles. The molecule has 0 fully saturated rings. The molecule has 4 aromatic rings. The summed E-state index contributed by atoms with van der Waals surface area (Å²) in [5.74, 6) is 0.370. The van der Waals surface area contributed by atoms with Gasteiger partial charge in [-0.1, -0.05) is 78.9 Å². The average Bonchev–Trinajstić information content (AvgIpc) is 2.74. The SMILES string of the molecule is Oc1c(-c2ccccc2)cc2ccccc2c1C1NCCc2ccccc21. The van der Waals surface area contributed by atoms with E-state index in [4.69, 9.17) is 0 Å². The quantitative estimate of drug-likeness (QED) is 0.503. The number of hydrogen-bond acceptors (Lipinski definition) is 2. The van der Waals surface area contributed by atoms with Crippen molar-refractivity contribution in [3.63, 3.8) is 0 Å². The number of fused-ring (bicyclic) bond motifs is 2. The molecule has 5 rings (SSSR count). The van der Waals surface area contributed by atoms with Crippen LogP contribution in [0, 0.1) is 0 Å². The van der Waals surface area contributed by atoms with Crippen LogP contribution in [-0.4, -0.2) is 11.7 Å². The summed E-state index contributed by atoms with van der Waals surface area (Å²) >= 11 is 0. The number of aromatic hydroxyl groups is 1. The largest absolute Gasteiger partial charge is 0.507 e. The van der Waals surface area contributed by atoms with Crippen LogP contribution in [0.3, 0.4) is 0 Å². The van der Waals surface area contributed by atoms with Crippen molar-refractivity contribution in [2.75, 3.05) is 6.54 Å². The Kier molecular flexibility index (Phi) is 3.92. The summed E-state index contributed by atoms with van der Waals surface area (Å²) in [6.45, 7) is 0.908. The zero-order valence-electron chi connectivity index (χ0n) is 15.0. The molecule has 2 heteroatoms. The molecule has 2 N–H and O–H groups in total. The lowest BCUT2D eigenvalue weighted by atomic mass is 9.85. The molecule has 0 aromatic heterocycles. The summed E-state index contributed by atoms with van der Waals surface area (Å²) < 4.78 is 0.